The largest absolute Gasteiger partial charge is 0.325 e. The van der Waals surface area contributed by atoms with Crippen LogP contribution < -0.4 is 5.32 Å². The Labute approximate surface area is 208 Å². The van der Waals surface area contributed by atoms with Crippen molar-refractivity contribution in [3.8, 4) is 6.07 Å². The van der Waals surface area contributed by atoms with Gasteiger partial charge in [0.2, 0.25) is 5.91 Å². The lowest BCUT2D eigenvalue weighted by Crippen LogP contribution is -2.45. The first-order chi connectivity index (χ1) is 16.9. The van der Waals surface area contributed by atoms with Crippen LogP contribution >= 0.6 is 0 Å². The molecule has 1 fully saturated rings. The summed E-state index contributed by atoms with van der Waals surface area (Å²) in [5.41, 5.74) is 4.69. The molecule has 5 rings (SSSR count). The maximum absolute atomic E-state index is 13.8. The van der Waals surface area contributed by atoms with Crippen molar-refractivity contribution in [1.29, 1.82) is 5.26 Å². The van der Waals surface area contributed by atoms with Gasteiger partial charge < -0.3 is 5.32 Å². The van der Waals surface area contributed by atoms with E-state index in [-0.39, 0.29) is 16.7 Å². The zero-order valence-electron chi connectivity index (χ0n) is 20.8. The van der Waals surface area contributed by atoms with Gasteiger partial charge in [-0.25, -0.2) is 0 Å². The van der Waals surface area contributed by atoms with Crippen LogP contribution in [0.4, 0.5) is 5.69 Å². The Morgan fingerprint density at radius 1 is 1.11 bits per heavy atom. The number of amides is 1. The monoisotopic (exact) mass is 466 g/mol. The van der Waals surface area contributed by atoms with Gasteiger partial charge in [-0.3, -0.25) is 14.7 Å². The van der Waals surface area contributed by atoms with Crippen LogP contribution in [0.3, 0.4) is 0 Å². The lowest BCUT2D eigenvalue weighted by Gasteiger charge is -2.42. The highest BCUT2D eigenvalue weighted by Crippen LogP contribution is 2.42. The summed E-state index contributed by atoms with van der Waals surface area (Å²) in [4.78, 5) is 20.8. The summed E-state index contributed by atoms with van der Waals surface area (Å²) >= 11 is 0. The molecule has 35 heavy (non-hydrogen) atoms. The molecule has 5 heteroatoms. The van der Waals surface area contributed by atoms with Crippen LogP contribution in [0.1, 0.15) is 69.1 Å². The zero-order valence-corrected chi connectivity index (χ0v) is 20.8. The van der Waals surface area contributed by atoms with Crippen LogP contribution in [0.5, 0.6) is 0 Å². The predicted molar refractivity (Wildman–Crippen MR) is 140 cm³/mol. The Morgan fingerprint density at radius 3 is 2.71 bits per heavy atom. The molecule has 1 aliphatic carbocycles. The minimum Gasteiger partial charge on any atom is -0.325 e. The molecular weight excluding hydrogens is 432 g/mol. The van der Waals surface area contributed by atoms with Crippen molar-refractivity contribution < 1.29 is 4.79 Å². The van der Waals surface area contributed by atoms with E-state index in [4.69, 9.17) is 0 Å². The molecule has 0 radical (unpaired) electrons. The molecule has 180 valence electrons. The van der Waals surface area contributed by atoms with Gasteiger partial charge in [0.15, 0.2) is 0 Å². The minimum absolute atomic E-state index is 0.0294. The summed E-state index contributed by atoms with van der Waals surface area (Å²) in [6.07, 6.45) is 7.95. The van der Waals surface area contributed by atoms with Crippen LogP contribution in [-0.2, 0) is 16.8 Å². The number of aromatic nitrogens is 1. The van der Waals surface area contributed by atoms with Crippen molar-refractivity contribution in [3.63, 3.8) is 0 Å². The second kappa shape index (κ2) is 9.43. The Morgan fingerprint density at radius 2 is 1.91 bits per heavy atom. The number of fused-ring (bicyclic) bond motifs is 2. The Kier molecular flexibility index (Phi) is 6.34. The fraction of sp³-hybridized carbons (Fsp3) is 0.433. The Hall–Kier alpha value is -3.23. The molecular formula is C30H34N4O. The summed E-state index contributed by atoms with van der Waals surface area (Å²) in [6.45, 7) is 7.22. The quantitative estimate of drug-likeness (QED) is 0.487. The second-order valence-electron chi connectivity index (χ2n) is 11.0. The summed E-state index contributed by atoms with van der Waals surface area (Å²) in [7, 11) is 0. The number of carbonyl (C=O) groups is 1. The highest BCUT2D eigenvalue weighted by atomic mass is 16.2. The molecule has 0 bridgehead atoms. The van der Waals surface area contributed by atoms with E-state index < -0.39 is 0 Å². The smallest absolute Gasteiger partial charge is 0.230 e. The van der Waals surface area contributed by atoms with E-state index >= 15 is 0 Å². The second-order valence-corrected chi connectivity index (χ2v) is 11.0. The Bertz CT molecular complexity index is 1280. The number of carbonyl (C=O) groups excluding carboxylic acids is 1. The maximum atomic E-state index is 13.8. The zero-order chi connectivity index (χ0) is 24.5. The molecule has 1 aromatic heterocycles. The maximum Gasteiger partial charge on any atom is 0.230 e. The number of rotatable bonds is 5. The van der Waals surface area contributed by atoms with Gasteiger partial charge in [-0.2, -0.15) is 5.26 Å². The molecule has 0 spiro atoms. The van der Waals surface area contributed by atoms with E-state index in [0.717, 1.165) is 73.9 Å². The van der Waals surface area contributed by atoms with Gasteiger partial charge in [0, 0.05) is 30.1 Å². The van der Waals surface area contributed by atoms with E-state index in [1.54, 1.807) is 6.20 Å². The number of hydrogen-bond donors (Lipinski definition) is 1. The molecule has 1 saturated carbocycles. The van der Waals surface area contributed by atoms with E-state index in [1.807, 2.05) is 36.4 Å². The van der Waals surface area contributed by atoms with Gasteiger partial charge in [0.05, 0.1) is 28.3 Å². The number of nitriles is 1. The van der Waals surface area contributed by atoms with Gasteiger partial charge in [0.25, 0.3) is 0 Å². The standard InChI is InChI=1S/C30H34N4O/c1-29(2)21-34(20-23-11-10-22(19-31)18-25(23)29)17-15-30(13-6-3-7-14-30)28(35)33-27-12-16-32-26-9-5-4-8-24(26)27/h4-5,8-12,16,18H,3,6-7,13-15,17,20-21H2,1-2H3,(H,32,33,35). The van der Waals surface area contributed by atoms with Crippen molar-refractivity contribution in [2.24, 2.45) is 5.41 Å². The van der Waals surface area contributed by atoms with Crippen molar-refractivity contribution in [2.45, 2.75) is 64.3 Å². The van der Waals surface area contributed by atoms with Crippen molar-refractivity contribution in [3.05, 3.63) is 71.4 Å². The van der Waals surface area contributed by atoms with E-state index in [1.165, 1.54) is 17.5 Å². The molecule has 5 nitrogen and oxygen atoms in total. The highest BCUT2D eigenvalue weighted by Gasteiger charge is 2.41. The lowest BCUT2D eigenvalue weighted by molar-refractivity contribution is -0.128. The summed E-state index contributed by atoms with van der Waals surface area (Å²) in [6, 6.07) is 18.3. The molecule has 2 aliphatic rings. The molecule has 0 unspecified atom stereocenters. The molecule has 0 saturated heterocycles. The number of benzene rings is 2. The number of pyridine rings is 1. The Balaban J connectivity index is 1.34. The number of nitrogens with one attached hydrogen (secondary N) is 1. The molecule has 1 aliphatic heterocycles. The molecule has 0 atom stereocenters. The lowest BCUT2D eigenvalue weighted by atomic mass is 9.70. The van der Waals surface area contributed by atoms with E-state index in [0.29, 0.717) is 0 Å². The summed E-state index contributed by atoms with van der Waals surface area (Å²) in [5.74, 6) is 0.156. The highest BCUT2D eigenvalue weighted by molar-refractivity contribution is 6.03. The third kappa shape index (κ3) is 4.68. The van der Waals surface area contributed by atoms with Gasteiger partial charge in [0.1, 0.15) is 0 Å². The molecule has 2 heterocycles. The van der Waals surface area contributed by atoms with Crippen molar-refractivity contribution in [2.75, 3.05) is 18.4 Å². The van der Waals surface area contributed by atoms with Crippen molar-refractivity contribution in [1.82, 2.24) is 9.88 Å². The van der Waals surface area contributed by atoms with Crippen molar-refractivity contribution >= 4 is 22.5 Å². The topological polar surface area (TPSA) is 69.0 Å². The molecule has 1 N–H and O–H groups in total. The SMILES string of the molecule is CC1(C)CN(CCC2(C(=O)Nc3ccnc4ccccc34)CCCCC2)Cc2ccc(C#N)cc21. The fourth-order valence-corrected chi connectivity index (χ4v) is 6.16. The minimum atomic E-state index is -0.336. The number of nitrogens with zero attached hydrogens (tertiary/aromatic N) is 3. The average Bonchev–Trinajstić information content (AvgIpc) is 2.88. The van der Waals surface area contributed by atoms with Gasteiger partial charge >= 0.3 is 0 Å². The van der Waals surface area contributed by atoms with Gasteiger partial charge in [-0.1, -0.05) is 57.4 Å². The third-order valence-corrected chi connectivity index (χ3v) is 8.08. The van der Waals surface area contributed by atoms with Gasteiger partial charge in [-0.05, 0) is 61.2 Å². The number of anilines is 1. The molecule has 2 aromatic carbocycles. The molecule has 1 amide bonds. The van der Waals surface area contributed by atoms with Crippen LogP contribution in [0.15, 0.2) is 54.7 Å². The van der Waals surface area contributed by atoms with E-state index in [9.17, 15) is 10.1 Å². The summed E-state index contributed by atoms with van der Waals surface area (Å²) in [5, 5.41) is 13.6. The normalized spacial score (nSPS) is 19.0. The molecule has 3 aromatic rings. The van der Waals surface area contributed by atoms with E-state index in [2.05, 4.69) is 47.3 Å². The van der Waals surface area contributed by atoms with Crippen LogP contribution in [0.25, 0.3) is 10.9 Å². The van der Waals surface area contributed by atoms with Crippen LogP contribution in [0, 0.1) is 16.7 Å². The third-order valence-electron chi connectivity index (χ3n) is 8.08. The average molecular weight is 467 g/mol. The first-order valence-corrected chi connectivity index (χ1v) is 12.8. The fourth-order valence-electron chi connectivity index (χ4n) is 6.16. The van der Waals surface area contributed by atoms with Gasteiger partial charge in [-0.15, -0.1) is 0 Å². The predicted octanol–water partition coefficient (Wildman–Crippen LogP) is 6.18. The first kappa shape index (κ1) is 23.5. The van der Waals surface area contributed by atoms with Crippen LogP contribution in [0.2, 0.25) is 0 Å². The number of para-hydroxylation sites is 1. The number of hydrogen-bond acceptors (Lipinski definition) is 4. The first-order valence-electron chi connectivity index (χ1n) is 12.8. The summed E-state index contributed by atoms with van der Waals surface area (Å²) < 4.78 is 0. The van der Waals surface area contributed by atoms with Crippen LogP contribution in [-0.4, -0.2) is 28.9 Å².